The molecule has 0 saturated carbocycles. The molecule has 1 fully saturated rings. The van der Waals surface area contributed by atoms with Crippen molar-refractivity contribution < 1.29 is 4.39 Å². The predicted molar refractivity (Wildman–Crippen MR) is 63.1 cm³/mol. The molecule has 1 aromatic heterocycles. The fourth-order valence-electron chi connectivity index (χ4n) is 2.18. The van der Waals surface area contributed by atoms with E-state index in [1.807, 2.05) is 0 Å². The van der Waals surface area contributed by atoms with Crippen molar-refractivity contribution in [2.24, 2.45) is 0 Å². The third-order valence-electron chi connectivity index (χ3n) is 3.23. The monoisotopic (exact) mass is 223 g/mol. The number of aromatic nitrogens is 1. The molecule has 0 bridgehead atoms. The smallest absolute Gasteiger partial charge is 0.131 e. The van der Waals surface area contributed by atoms with Crippen LogP contribution in [-0.4, -0.2) is 43.1 Å². The fourth-order valence-corrected chi connectivity index (χ4v) is 2.18. The van der Waals surface area contributed by atoms with E-state index in [4.69, 9.17) is 0 Å². The van der Waals surface area contributed by atoms with Crippen LogP contribution in [0.25, 0.3) is 0 Å². The van der Waals surface area contributed by atoms with E-state index in [0.717, 1.165) is 31.7 Å². The molecule has 0 amide bonds. The lowest BCUT2D eigenvalue weighted by molar-refractivity contribution is 0.249. The lowest BCUT2D eigenvalue weighted by Crippen LogP contribution is -2.42. The van der Waals surface area contributed by atoms with Gasteiger partial charge in [0.15, 0.2) is 0 Å². The number of anilines is 1. The number of piperidine rings is 1. The molecule has 88 valence electrons. The average Bonchev–Trinajstić information content (AvgIpc) is 2.29. The van der Waals surface area contributed by atoms with Crippen molar-refractivity contribution >= 4 is 5.82 Å². The van der Waals surface area contributed by atoms with E-state index in [2.05, 4.69) is 28.9 Å². The van der Waals surface area contributed by atoms with Crippen LogP contribution in [0, 0.1) is 5.82 Å². The highest BCUT2D eigenvalue weighted by molar-refractivity contribution is 5.38. The van der Waals surface area contributed by atoms with Crippen molar-refractivity contribution in [2.75, 3.05) is 32.1 Å². The second-order valence-electron chi connectivity index (χ2n) is 4.51. The van der Waals surface area contributed by atoms with Gasteiger partial charge in [0, 0.05) is 31.4 Å². The quantitative estimate of drug-likeness (QED) is 0.761. The molecular formula is C12H18FN3. The standard InChI is InChI=1S/C12H18FN3/c1-15(2)11-4-7-16(8-5-11)12-9-10(13)3-6-14-12/h3,6,9,11H,4-5,7-8H2,1-2H3. The number of hydrogen-bond acceptors (Lipinski definition) is 3. The van der Waals surface area contributed by atoms with Gasteiger partial charge in [-0.2, -0.15) is 0 Å². The Bertz CT molecular complexity index is 346. The molecular weight excluding hydrogens is 205 g/mol. The Labute approximate surface area is 95.9 Å². The summed E-state index contributed by atoms with van der Waals surface area (Å²) >= 11 is 0. The summed E-state index contributed by atoms with van der Waals surface area (Å²) in [5, 5.41) is 0. The van der Waals surface area contributed by atoms with Gasteiger partial charge in [0.05, 0.1) is 0 Å². The maximum absolute atomic E-state index is 13.1. The Morgan fingerprint density at radius 3 is 2.62 bits per heavy atom. The van der Waals surface area contributed by atoms with E-state index >= 15 is 0 Å². The van der Waals surface area contributed by atoms with Crippen molar-refractivity contribution in [3.63, 3.8) is 0 Å². The van der Waals surface area contributed by atoms with Gasteiger partial charge in [-0.25, -0.2) is 9.37 Å². The second-order valence-corrected chi connectivity index (χ2v) is 4.51. The molecule has 1 saturated heterocycles. The van der Waals surface area contributed by atoms with E-state index in [0.29, 0.717) is 6.04 Å². The Morgan fingerprint density at radius 2 is 2.06 bits per heavy atom. The van der Waals surface area contributed by atoms with Crippen LogP contribution in [0.15, 0.2) is 18.3 Å². The predicted octanol–water partition coefficient (Wildman–Crippen LogP) is 1.75. The molecule has 0 aliphatic carbocycles. The highest BCUT2D eigenvalue weighted by Gasteiger charge is 2.21. The van der Waals surface area contributed by atoms with Gasteiger partial charge in [-0.05, 0) is 33.0 Å². The van der Waals surface area contributed by atoms with Crippen LogP contribution < -0.4 is 4.90 Å². The van der Waals surface area contributed by atoms with Gasteiger partial charge in [-0.1, -0.05) is 0 Å². The largest absolute Gasteiger partial charge is 0.356 e. The second kappa shape index (κ2) is 4.78. The van der Waals surface area contributed by atoms with Crippen molar-refractivity contribution in [1.82, 2.24) is 9.88 Å². The summed E-state index contributed by atoms with van der Waals surface area (Å²) in [4.78, 5) is 8.62. The molecule has 2 rings (SSSR count). The summed E-state index contributed by atoms with van der Waals surface area (Å²) in [6, 6.07) is 3.54. The minimum Gasteiger partial charge on any atom is -0.356 e. The molecule has 0 unspecified atom stereocenters. The molecule has 1 aliphatic rings. The minimum absolute atomic E-state index is 0.209. The number of pyridine rings is 1. The van der Waals surface area contributed by atoms with Gasteiger partial charge >= 0.3 is 0 Å². The summed E-state index contributed by atoms with van der Waals surface area (Å²) in [6.07, 6.45) is 3.76. The van der Waals surface area contributed by atoms with Crippen molar-refractivity contribution in [2.45, 2.75) is 18.9 Å². The molecule has 3 nitrogen and oxygen atoms in total. The topological polar surface area (TPSA) is 19.4 Å². The summed E-state index contributed by atoms with van der Waals surface area (Å²) in [7, 11) is 4.22. The molecule has 1 aromatic rings. The lowest BCUT2D eigenvalue weighted by Gasteiger charge is -2.35. The first kappa shape index (κ1) is 11.3. The van der Waals surface area contributed by atoms with Gasteiger partial charge in [0.1, 0.15) is 11.6 Å². The summed E-state index contributed by atoms with van der Waals surface area (Å²) in [6.45, 7) is 1.92. The van der Waals surface area contributed by atoms with E-state index in [9.17, 15) is 4.39 Å². The fraction of sp³-hybridized carbons (Fsp3) is 0.583. The molecule has 16 heavy (non-hydrogen) atoms. The Balaban J connectivity index is 1.99. The highest BCUT2D eigenvalue weighted by atomic mass is 19.1. The van der Waals surface area contributed by atoms with Crippen LogP contribution in [0.5, 0.6) is 0 Å². The van der Waals surface area contributed by atoms with Crippen LogP contribution in [-0.2, 0) is 0 Å². The Kier molecular flexibility index (Phi) is 3.39. The Hall–Kier alpha value is -1.16. The van der Waals surface area contributed by atoms with Crippen LogP contribution >= 0.6 is 0 Å². The molecule has 2 heterocycles. The van der Waals surface area contributed by atoms with Gasteiger partial charge in [0.2, 0.25) is 0 Å². The van der Waals surface area contributed by atoms with Crippen molar-refractivity contribution in [1.29, 1.82) is 0 Å². The van der Waals surface area contributed by atoms with E-state index < -0.39 is 0 Å². The SMILES string of the molecule is CN(C)C1CCN(c2cc(F)ccn2)CC1. The number of halogens is 1. The highest BCUT2D eigenvalue weighted by Crippen LogP contribution is 2.20. The summed E-state index contributed by atoms with van der Waals surface area (Å²) in [5.41, 5.74) is 0. The van der Waals surface area contributed by atoms with Crippen molar-refractivity contribution in [3.8, 4) is 0 Å². The molecule has 0 N–H and O–H groups in total. The van der Waals surface area contributed by atoms with E-state index in [1.54, 1.807) is 0 Å². The van der Waals surface area contributed by atoms with Gasteiger partial charge in [0.25, 0.3) is 0 Å². The van der Waals surface area contributed by atoms with Crippen LogP contribution in [0.3, 0.4) is 0 Å². The van der Waals surface area contributed by atoms with Gasteiger partial charge in [-0.3, -0.25) is 0 Å². The lowest BCUT2D eigenvalue weighted by atomic mass is 10.0. The third-order valence-corrected chi connectivity index (χ3v) is 3.23. The summed E-state index contributed by atoms with van der Waals surface area (Å²) in [5.74, 6) is 0.553. The normalized spacial score (nSPS) is 18.1. The number of nitrogens with zero attached hydrogens (tertiary/aromatic N) is 3. The first-order valence-corrected chi connectivity index (χ1v) is 5.70. The zero-order valence-corrected chi connectivity index (χ0v) is 9.86. The van der Waals surface area contributed by atoms with E-state index in [-0.39, 0.29) is 5.82 Å². The molecule has 0 radical (unpaired) electrons. The van der Waals surface area contributed by atoms with Gasteiger partial charge < -0.3 is 9.80 Å². The third kappa shape index (κ3) is 2.50. The van der Waals surface area contributed by atoms with Crippen LogP contribution in [0.2, 0.25) is 0 Å². The maximum atomic E-state index is 13.1. The van der Waals surface area contributed by atoms with Crippen LogP contribution in [0.4, 0.5) is 10.2 Å². The minimum atomic E-state index is -0.209. The first-order valence-electron chi connectivity index (χ1n) is 5.70. The molecule has 0 spiro atoms. The van der Waals surface area contributed by atoms with E-state index in [1.165, 1.54) is 18.3 Å². The van der Waals surface area contributed by atoms with Crippen molar-refractivity contribution in [3.05, 3.63) is 24.1 Å². The van der Waals surface area contributed by atoms with Crippen LogP contribution in [0.1, 0.15) is 12.8 Å². The zero-order chi connectivity index (χ0) is 11.5. The molecule has 4 heteroatoms. The van der Waals surface area contributed by atoms with Gasteiger partial charge in [-0.15, -0.1) is 0 Å². The summed E-state index contributed by atoms with van der Waals surface area (Å²) < 4.78 is 13.1. The first-order chi connectivity index (χ1) is 7.66. The molecule has 1 aliphatic heterocycles. The maximum Gasteiger partial charge on any atom is 0.131 e. The molecule has 0 aromatic carbocycles. The molecule has 0 atom stereocenters. The average molecular weight is 223 g/mol. The number of rotatable bonds is 2. The zero-order valence-electron chi connectivity index (χ0n) is 9.86. The number of hydrogen-bond donors (Lipinski definition) is 0. The Morgan fingerprint density at radius 1 is 1.38 bits per heavy atom.